The lowest BCUT2D eigenvalue weighted by Gasteiger charge is -2.22. The largest absolute Gasteiger partial charge is 0.212 e. The van der Waals surface area contributed by atoms with E-state index in [1.54, 1.807) is 0 Å². The van der Waals surface area contributed by atoms with E-state index < -0.39 is 0 Å². The summed E-state index contributed by atoms with van der Waals surface area (Å²) in [6.07, 6.45) is 25.5. The third-order valence-corrected chi connectivity index (χ3v) is 26.7. The van der Waals surface area contributed by atoms with E-state index in [4.69, 9.17) is 0 Å². The number of hydrogen-bond acceptors (Lipinski definition) is 0. The monoisotopic (exact) mass is 1690 g/mol. The second kappa shape index (κ2) is 42.7. The highest BCUT2D eigenvalue weighted by atomic mass is 14.9. The maximum Gasteiger partial charge on any atom is 0.212 e. The molecule has 0 bridgehead atoms. The first-order valence-corrected chi connectivity index (χ1v) is 47.2. The van der Waals surface area contributed by atoms with Crippen molar-refractivity contribution in [1.29, 1.82) is 0 Å². The van der Waals surface area contributed by atoms with Gasteiger partial charge in [-0.2, -0.15) is 0 Å². The summed E-state index contributed by atoms with van der Waals surface area (Å²) in [5.41, 5.74) is 46.8. The van der Waals surface area contributed by atoms with E-state index in [-0.39, 0.29) is 5.41 Å². The Balaban J connectivity index is 0.000000137. The summed E-state index contributed by atoms with van der Waals surface area (Å²) >= 11 is 0. The van der Waals surface area contributed by atoms with Crippen LogP contribution in [0.4, 0.5) is 0 Å². The van der Waals surface area contributed by atoms with Crippen molar-refractivity contribution in [3.8, 4) is 112 Å². The lowest BCUT2D eigenvalue weighted by Crippen LogP contribution is -2.31. The molecule has 2 aliphatic rings. The third-order valence-electron chi connectivity index (χ3n) is 26.7. The van der Waals surface area contributed by atoms with Gasteiger partial charge in [-0.1, -0.05) is 263 Å². The highest BCUT2D eigenvalue weighted by molar-refractivity contribution is 5.80. The highest BCUT2D eigenvalue weighted by Gasteiger charge is 2.27. The first-order chi connectivity index (χ1) is 61.4. The van der Waals surface area contributed by atoms with Crippen molar-refractivity contribution in [3.63, 3.8) is 0 Å². The topological polar surface area (TPSA) is 19.4 Å². The van der Waals surface area contributed by atoms with E-state index in [0.29, 0.717) is 11.8 Å². The second-order valence-electron chi connectivity index (χ2n) is 39.0. The Hall–Kier alpha value is -12.1. The van der Waals surface area contributed by atoms with Crippen LogP contribution in [0.1, 0.15) is 207 Å². The van der Waals surface area contributed by atoms with Gasteiger partial charge in [0.1, 0.15) is 35.2 Å². The Labute approximate surface area is 769 Å². The van der Waals surface area contributed by atoms with Gasteiger partial charge in [0.15, 0.2) is 31.0 Å². The van der Waals surface area contributed by atoms with Gasteiger partial charge in [-0.3, -0.25) is 0 Å². The molecule has 2 saturated carbocycles. The molecule has 0 N–H and O–H groups in total. The van der Waals surface area contributed by atoms with Crippen LogP contribution >= 0.6 is 0 Å². The number of nitrogens with zero attached hydrogens (tertiary/aromatic N) is 5. The molecule has 0 spiro atoms. The van der Waals surface area contributed by atoms with Gasteiger partial charge in [-0.05, 0) is 306 Å². The fourth-order valence-electron chi connectivity index (χ4n) is 19.0. The molecule has 5 heterocycles. The molecule has 0 atom stereocenters. The Morgan fingerprint density at radius 3 is 0.797 bits per heavy atom. The second-order valence-corrected chi connectivity index (χ2v) is 39.0. The molecule has 5 aromatic heterocycles. The minimum absolute atomic E-state index is 0.287. The van der Waals surface area contributed by atoms with Crippen LogP contribution in [0.2, 0.25) is 0 Å². The normalized spacial score (nSPS) is 12.8. The van der Waals surface area contributed by atoms with Crippen LogP contribution in [0.3, 0.4) is 0 Å². The van der Waals surface area contributed by atoms with Gasteiger partial charge >= 0.3 is 0 Å². The summed E-state index contributed by atoms with van der Waals surface area (Å²) in [4.78, 5) is 0. The van der Waals surface area contributed by atoms with Crippen LogP contribution in [0.25, 0.3) is 112 Å². The predicted molar refractivity (Wildman–Crippen MR) is 543 cm³/mol. The Morgan fingerprint density at radius 2 is 0.508 bits per heavy atom. The maximum absolute atomic E-state index is 2.44. The fourth-order valence-corrected chi connectivity index (χ4v) is 19.0. The van der Waals surface area contributed by atoms with Crippen molar-refractivity contribution < 1.29 is 22.8 Å². The lowest BCUT2D eigenvalue weighted by molar-refractivity contribution is -0.660. The molecule has 0 amide bonds. The smallest absolute Gasteiger partial charge is 0.201 e. The molecule has 0 radical (unpaired) electrons. The average Bonchev–Trinajstić information content (AvgIpc) is 1.02. The molecule has 10 aromatic carbocycles. The SMILES string of the molecule is Cc1ccccc1-c1ccc(C)c(-c2cc(C(C)C)cc[n+]2C)c1.Cc1ccccc1-c1ccc(C)c(-c2cc(C3CCCC3)cc[n+]2C)c1.Cc1ccccc1-c1ccc(C)c(-c2cc(C3CCCCC3)cc[n+]2C)c1.Cc1ccccc1-c1ccc(C)c(-c2cc(CC(C)(C)C)cc[n+]2C)c1.Cc1ccccc1-c1ccc(C)c(-c2cc(CC(C)C)cc[n+]2C)c1. The number of hydrogen-bond donors (Lipinski definition) is 0. The lowest BCUT2D eigenvalue weighted by atomic mass is 9.84. The highest BCUT2D eigenvalue weighted by Crippen LogP contribution is 2.41. The van der Waals surface area contributed by atoms with Crippen LogP contribution in [0.5, 0.6) is 0 Å². The molecule has 128 heavy (non-hydrogen) atoms. The summed E-state index contributed by atoms with van der Waals surface area (Å²) < 4.78 is 11.2. The molecule has 0 aliphatic heterocycles. The summed E-state index contributed by atoms with van der Waals surface area (Å²) in [5, 5.41) is 0. The van der Waals surface area contributed by atoms with Crippen molar-refractivity contribution in [2.75, 3.05) is 0 Å². The number of aromatic nitrogens is 5. The minimum Gasteiger partial charge on any atom is -0.201 e. The number of aryl methyl sites for hydroxylation is 15. The van der Waals surface area contributed by atoms with Gasteiger partial charge < -0.3 is 0 Å². The van der Waals surface area contributed by atoms with Gasteiger partial charge in [0.2, 0.25) is 28.5 Å². The van der Waals surface area contributed by atoms with Crippen LogP contribution in [-0.2, 0) is 48.1 Å². The Morgan fingerprint density at radius 1 is 0.258 bits per heavy atom. The van der Waals surface area contributed by atoms with E-state index in [1.807, 2.05) is 0 Å². The molecule has 0 unspecified atom stereocenters. The summed E-state index contributed by atoms with van der Waals surface area (Å²) in [6.45, 7) is 37.9. The summed E-state index contributed by atoms with van der Waals surface area (Å²) in [6, 6.07) is 101. The van der Waals surface area contributed by atoms with Crippen LogP contribution in [0.15, 0.2) is 304 Å². The minimum atomic E-state index is 0.287. The van der Waals surface area contributed by atoms with E-state index in [1.165, 1.54) is 253 Å². The van der Waals surface area contributed by atoms with Gasteiger partial charge in [0, 0.05) is 88.5 Å². The molecular weight excluding hydrogens is 1550 g/mol. The molecule has 15 aromatic rings. The van der Waals surface area contributed by atoms with E-state index >= 15 is 0 Å². The van der Waals surface area contributed by atoms with Gasteiger partial charge in [-0.15, -0.1) is 0 Å². The fraction of sp³-hybridized carbons (Fsp3) is 0.309. The molecule has 5 heteroatoms. The summed E-state index contributed by atoms with van der Waals surface area (Å²) in [5.74, 6) is 2.68. The Kier molecular flexibility index (Phi) is 31.2. The average molecular weight is 1690 g/mol. The van der Waals surface area contributed by atoms with Crippen molar-refractivity contribution in [2.24, 2.45) is 46.6 Å². The first kappa shape index (κ1) is 93.6. The molecule has 17 rings (SSSR count). The van der Waals surface area contributed by atoms with Crippen molar-refractivity contribution in [2.45, 2.75) is 206 Å². The van der Waals surface area contributed by atoms with Gasteiger partial charge in [0.05, 0.1) is 0 Å². The molecule has 654 valence electrons. The number of rotatable bonds is 16. The van der Waals surface area contributed by atoms with Crippen molar-refractivity contribution in [3.05, 3.63) is 387 Å². The van der Waals surface area contributed by atoms with Crippen LogP contribution in [-0.4, -0.2) is 0 Å². The van der Waals surface area contributed by atoms with Gasteiger partial charge in [0.25, 0.3) is 0 Å². The third kappa shape index (κ3) is 23.5. The standard InChI is InChI=1S/C26H30N.C25H28N.C25H30N.C24H28N.C23H26N/c1-19-9-7-8-12-24(19)23-14-13-20(2)25(17-23)26-18-22(15-16-27(26)3)21-10-5-4-6-11-21;1-18-8-4-7-11-23(18)22-13-12-19(2)24(16-22)25-17-21(14-15-26(25)3)20-9-5-6-10-20;1-18-9-7-8-10-22(18)21-12-11-19(2)23(16-21)24-15-20(13-14-26(24)6)17-25(3,4)5;1-17(2)14-20-12-13-25(5)24(15-20)23-16-21(11-10-19(23)4)22-9-7-6-8-18(22)3;1-16(2)19-12-13-24(5)23(15-19)22-14-20(11-10-18(22)4)21-9-7-6-8-17(21)3/h7-9,12-18,21H,4-6,10-11H2,1-3H3;4,7-8,11-17,20H,5-6,9-10H2,1-3H3;7-16H,17H2,1-6H3;6-13,15-17H,14H2,1-5H3;6-16H,1-5H3/q5*+1. The van der Waals surface area contributed by atoms with Crippen molar-refractivity contribution in [1.82, 2.24) is 0 Å². The zero-order valence-electron chi connectivity index (χ0n) is 81.2. The summed E-state index contributed by atoms with van der Waals surface area (Å²) in [7, 11) is 10.7. The predicted octanol–water partition coefficient (Wildman–Crippen LogP) is 29.9. The Bertz CT molecular complexity index is 6360. The number of pyridine rings is 5. The number of benzene rings is 10. The molecule has 5 nitrogen and oxygen atoms in total. The van der Waals surface area contributed by atoms with Gasteiger partial charge in [-0.25, -0.2) is 22.8 Å². The first-order valence-electron chi connectivity index (χ1n) is 47.2. The zero-order valence-corrected chi connectivity index (χ0v) is 81.2. The zero-order chi connectivity index (χ0) is 91.0. The van der Waals surface area contributed by atoms with E-state index in [2.05, 4.69) is 480 Å². The van der Waals surface area contributed by atoms with E-state index in [9.17, 15) is 0 Å². The van der Waals surface area contributed by atoms with Crippen molar-refractivity contribution >= 4 is 0 Å². The maximum atomic E-state index is 2.44. The van der Waals surface area contributed by atoms with E-state index in [0.717, 1.165) is 24.7 Å². The molecule has 2 aliphatic carbocycles. The quantitative estimate of drug-likeness (QED) is 0.0859. The van der Waals surface area contributed by atoms with Crippen LogP contribution < -0.4 is 22.8 Å². The molecular formula is C123H142N5+5. The van der Waals surface area contributed by atoms with Crippen LogP contribution in [0, 0.1) is 80.6 Å². The molecule has 2 fully saturated rings. The molecule has 0 saturated heterocycles.